The quantitative estimate of drug-likeness (QED) is 0.177. The minimum Gasteiger partial charge on any atom is -0.493 e. The van der Waals surface area contributed by atoms with Gasteiger partial charge in [-0.3, -0.25) is 0 Å². The van der Waals surface area contributed by atoms with Gasteiger partial charge in [0, 0.05) is 21.8 Å². The van der Waals surface area contributed by atoms with Crippen molar-refractivity contribution < 1.29 is 13.9 Å². The van der Waals surface area contributed by atoms with E-state index in [1.807, 2.05) is 103 Å². The number of aliphatic imine (C=N–C) groups is 1. The molecule has 0 radical (unpaired) electrons. The summed E-state index contributed by atoms with van der Waals surface area (Å²) in [6, 6.07) is 35.3. The molecule has 4 aromatic carbocycles. The lowest BCUT2D eigenvalue weighted by Crippen LogP contribution is -1.98. The maximum absolute atomic E-state index is 10.1. The van der Waals surface area contributed by atoms with Crippen LogP contribution >= 0.6 is 15.9 Å². The van der Waals surface area contributed by atoms with Crippen molar-refractivity contribution in [1.82, 2.24) is 0 Å². The van der Waals surface area contributed by atoms with Crippen LogP contribution in [-0.4, -0.2) is 13.3 Å². The molecule has 0 aliphatic carbocycles. The molecule has 38 heavy (non-hydrogen) atoms. The lowest BCUT2D eigenvalue weighted by molar-refractivity contribution is 0.284. The summed E-state index contributed by atoms with van der Waals surface area (Å²) in [5, 5.41) is 10.1. The third kappa shape index (κ3) is 5.54. The summed E-state index contributed by atoms with van der Waals surface area (Å²) < 4.78 is 18.8. The highest BCUT2D eigenvalue weighted by Crippen LogP contribution is 2.42. The van der Waals surface area contributed by atoms with Crippen molar-refractivity contribution in [2.75, 3.05) is 7.11 Å². The standard InChI is InChI=1S/C32H23BrN2O3/c1-36-29-18-23(14-17-28(29)37-21-22-12-15-26(33)16-13-22)20-35-32-27(19-34)30(24-8-4-2-5-9-24)31(38-32)25-10-6-3-7-11-25/h2-18,20H,21H2,1H3. The Balaban J connectivity index is 1.45. The van der Waals surface area contributed by atoms with E-state index in [-0.39, 0.29) is 5.88 Å². The Morgan fingerprint density at radius 2 is 1.55 bits per heavy atom. The average molecular weight is 563 g/mol. The monoisotopic (exact) mass is 562 g/mol. The molecule has 0 fully saturated rings. The number of ether oxygens (including phenoxy) is 2. The number of benzene rings is 4. The number of hydrogen-bond donors (Lipinski definition) is 0. The van der Waals surface area contributed by atoms with Crippen LogP contribution in [0.25, 0.3) is 22.5 Å². The first-order chi connectivity index (χ1) is 18.7. The van der Waals surface area contributed by atoms with Crippen LogP contribution < -0.4 is 9.47 Å². The van der Waals surface area contributed by atoms with E-state index in [2.05, 4.69) is 27.0 Å². The Morgan fingerprint density at radius 3 is 2.21 bits per heavy atom. The van der Waals surface area contributed by atoms with Gasteiger partial charge in [-0.25, -0.2) is 4.99 Å². The van der Waals surface area contributed by atoms with E-state index in [1.54, 1.807) is 13.3 Å². The van der Waals surface area contributed by atoms with Gasteiger partial charge in [0.25, 0.3) is 0 Å². The van der Waals surface area contributed by atoms with Gasteiger partial charge in [0.1, 0.15) is 24.0 Å². The smallest absolute Gasteiger partial charge is 0.238 e. The van der Waals surface area contributed by atoms with Crippen molar-refractivity contribution in [2.24, 2.45) is 4.99 Å². The zero-order chi connectivity index (χ0) is 26.3. The van der Waals surface area contributed by atoms with E-state index in [0.717, 1.165) is 32.3 Å². The van der Waals surface area contributed by atoms with Crippen LogP contribution in [0.1, 0.15) is 16.7 Å². The highest BCUT2D eigenvalue weighted by Gasteiger charge is 2.22. The molecule has 0 spiro atoms. The van der Waals surface area contributed by atoms with Gasteiger partial charge < -0.3 is 13.9 Å². The van der Waals surface area contributed by atoms with E-state index in [0.29, 0.717) is 29.4 Å². The van der Waals surface area contributed by atoms with Crippen LogP contribution in [0.5, 0.6) is 11.5 Å². The summed E-state index contributed by atoms with van der Waals surface area (Å²) in [5.41, 5.74) is 4.69. The van der Waals surface area contributed by atoms with Crippen LogP contribution in [0.2, 0.25) is 0 Å². The summed E-state index contributed by atoms with van der Waals surface area (Å²) in [6.07, 6.45) is 1.66. The highest BCUT2D eigenvalue weighted by atomic mass is 79.9. The molecule has 0 saturated carbocycles. The van der Waals surface area contributed by atoms with Crippen molar-refractivity contribution in [1.29, 1.82) is 5.26 Å². The second kappa shape index (κ2) is 11.6. The van der Waals surface area contributed by atoms with E-state index in [1.165, 1.54) is 0 Å². The Bertz CT molecular complexity index is 1600. The molecule has 0 atom stereocenters. The minimum absolute atomic E-state index is 0.250. The van der Waals surface area contributed by atoms with Gasteiger partial charge in [0.2, 0.25) is 5.88 Å². The van der Waals surface area contributed by atoms with Crippen LogP contribution in [0, 0.1) is 11.3 Å². The fourth-order valence-corrected chi connectivity index (χ4v) is 4.31. The van der Waals surface area contributed by atoms with E-state index in [4.69, 9.17) is 13.9 Å². The van der Waals surface area contributed by atoms with Gasteiger partial charge in [-0.2, -0.15) is 5.26 Å². The maximum atomic E-state index is 10.1. The molecule has 5 aromatic rings. The van der Waals surface area contributed by atoms with Crippen molar-refractivity contribution in [3.8, 4) is 40.0 Å². The number of hydrogen-bond acceptors (Lipinski definition) is 5. The average Bonchev–Trinajstić information content (AvgIpc) is 3.35. The summed E-state index contributed by atoms with van der Waals surface area (Å²) in [7, 11) is 1.60. The molecule has 0 unspecified atom stereocenters. The molecule has 186 valence electrons. The Labute approximate surface area is 229 Å². The predicted molar refractivity (Wildman–Crippen MR) is 153 cm³/mol. The van der Waals surface area contributed by atoms with Gasteiger partial charge in [0.05, 0.1) is 7.11 Å². The summed E-state index contributed by atoms with van der Waals surface area (Å²) in [5.74, 6) is 2.07. The molecule has 0 saturated heterocycles. The molecule has 5 rings (SSSR count). The zero-order valence-electron chi connectivity index (χ0n) is 20.6. The molecule has 1 aromatic heterocycles. The molecular weight excluding hydrogens is 540 g/mol. The van der Waals surface area contributed by atoms with Crippen LogP contribution in [-0.2, 0) is 6.61 Å². The largest absolute Gasteiger partial charge is 0.493 e. The van der Waals surface area contributed by atoms with E-state index < -0.39 is 0 Å². The summed E-state index contributed by atoms with van der Waals surface area (Å²) >= 11 is 3.44. The van der Waals surface area contributed by atoms with Crippen LogP contribution in [0.3, 0.4) is 0 Å². The van der Waals surface area contributed by atoms with Crippen molar-refractivity contribution in [3.63, 3.8) is 0 Å². The highest BCUT2D eigenvalue weighted by molar-refractivity contribution is 9.10. The normalized spacial score (nSPS) is 10.9. The molecule has 0 aliphatic heterocycles. The molecule has 0 aliphatic rings. The molecular formula is C32H23BrN2O3. The number of halogens is 1. The lowest BCUT2D eigenvalue weighted by Gasteiger charge is -2.11. The Kier molecular flexibility index (Phi) is 7.67. The van der Waals surface area contributed by atoms with Gasteiger partial charge in [-0.1, -0.05) is 88.7 Å². The molecule has 5 nitrogen and oxygen atoms in total. The first-order valence-corrected chi connectivity index (χ1v) is 12.7. The fourth-order valence-electron chi connectivity index (χ4n) is 4.05. The molecule has 0 N–H and O–H groups in total. The summed E-state index contributed by atoms with van der Waals surface area (Å²) in [4.78, 5) is 4.57. The second-order valence-corrected chi connectivity index (χ2v) is 9.33. The van der Waals surface area contributed by atoms with Gasteiger partial charge in [0.15, 0.2) is 11.5 Å². The van der Waals surface area contributed by atoms with E-state index in [9.17, 15) is 5.26 Å². The van der Waals surface area contributed by atoms with Gasteiger partial charge >= 0.3 is 0 Å². The SMILES string of the molecule is COc1cc(C=Nc2oc(-c3ccccc3)c(-c3ccccc3)c2C#N)ccc1OCc1ccc(Br)cc1. The molecule has 6 heteroatoms. The van der Waals surface area contributed by atoms with Crippen molar-refractivity contribution in [2.45, 2.75) is 6.61 Å². The van der Waals surface area contributed by atoms with Crippen LogP contribution in [0.15, 0.2) is 117 Å². The fraction of sp³-hybridized carbons (Fsp3) is 0.0625. The molecule has 0 amide bonds. The molecule has 0 bridgehead atoms. The number of nitriles is 1. The number of nitrogens with zero attached hydrogens (tertiary/aromatic N) is 2. The van der Waals surface area contributed by atoms with Crippen LogP contribution in [0.4, 0.5) is 5.88 Å². The zero-order valence-corrected chi connectivity index (χ0v) is 22.2. The predicted octanol–water partition coefficient (Wildman–Crippen LogP) is 8.59. The molecule has 1 heterocycles. The first-order valence-electron chi connectivity index (χ1n) is 11.9. The Hall–Kier alpha value is -4.60. The number of furan rings is 1. The number of rotatable bonds is 8. The maximum Gasteiger partial charge on any atom is 0.238 e. The Morgan fingerprint density at radius 1 is 0.868 bits per heavy atom. The van der Waals surface area contributed by atoms with E-state index >= 15 is 0 Å². The third-order valence-corrected chi connectivity index (χ3v) is 6.45. The third-order valence-electron chi connectivity index (χ3n) is 5.93. The van der Waals surface area contributed by atoms with Gasteiger partial charge in [-0.05, 0) is 47.0 Å². The lowest BCUT2D eigenvalue weighted by atomic mass is 9.98. The number of methoxy groups -OCH3 is 1. The topological polar surface area (TPSA) is 67.8 Å². The van der Waals surface area contributed by atoms with Crippen molar-refractivity contribution >= 4 is 28.0 Å². The second-order valence-electron chi connectivity index (χ2n) is 8.41. The first kappa shape index (κ1) is 25.1. The minimum atomic E-state index is 0.250. The van der Waals surface area contributed by atoms with Gasteiger partial charge in [-0.15, -0.1) is 0 Å². The van der Waals surface area contributed by atoms with Crippen molar-refractivity contribution in [3.05, 3.63) is 124 Å². The summed E-state index contributed by atoms with van der Waals surface area (Å²) in [6.45, 7) is 0.416.